The van der Waals surface area contributed by atoms with E-state index in [1.54, 1.807) is 12.1 Å². The Labute approximate surface area is 192 Å². The summed E-state index contributed by atoms with van der Waals surface area (Å²) in [6.45, 7) is 7.97. The highest BCUT2D eigenvalue weighted by Crippen LogP contribution is 2.23. The van der Waals surface area contributed by atoms with Gasteiger partial charge in [-0.15, -0.1) is 0 Å². The maximum Gasteiger partial charge on any atom is 0.414 e. The van der Waals surface area contributed by atoms with E-state index in [0.717, 1.165) is 11.4 Å². The number of aliphatic carboxylic acids is 2. The summed E-state index contributed by atoms with van der Waals surface area (Å²) < 4.78 is 5.64. The molecule has 0 aliphatic rings. The molecule has 0 fully saturated rings. The van der Waals surface area contributed by atoms with E-state index < -0.39 is 11.9 Å². The van der Waals surface area contributed by atoms with Crippen LogP contribution in [0.2, 0.25) is 5.02 Å². The van der Waals surface area contributed by atoms with Crippen molar-refractivity contribution in [3.8, 4) is 5.75 Å². The predicted molar refractivity (Wildman–Crippen MR) is 123 cm³/mol. The molecule has 0 saturated heterocycles. The molecule has 1 amide bonds. The molecule has 0 aliphatic heterocycles. The Morgan fingerprint density at radius 2 is 1.50 bits per heavy atom. The van der Waals surface area contributed by atoms with Crippen LogP contribution in [0.15, 0.2) is 48.5 Å². The zero-order chi connectivity index (χ0) is 24.3. The Hall–Kier alpha value is -3.10. The number of carboxylic acid groups (broad SMARTS) is 2. The highest BCUT2D eigenvalue weighted by molar-refractivity contribution is 6.30. The van der Waals surface area contributed by atoms with Crippen LogP contribution in [0.4, 0.5) is 5.69 Å². The number of amides is 1. The monoisotopic (exact) mass is 464 g/mol. The number of likely N-dealkylation sites (N-methyl/N-ethyl adjacent to an activating group) is 1. The Balaban J connectivity index is 0.000000751. The van der Waals surface area contributed by atoms with E-state index in [2.05, 4.69) is 38.2 Å². The molecule has 32 heavy (non-hydrogen) atoms. The van der Waals surface area contributed by atoms with Gasteiger partial charge in [0, 0.05) is 17.3 Å². The van der Waals surface area contributed by atoms with Crippen LogP contribution < -0.4 is 10.1 Å². The van der Waals surface area contributed by atoms with Gasteiger partial charge in [-0.1, -0.05) is 44.5 Å². The van der Waals surface area contributed by atoms with E-state index in [-0.39, 0.29) is 11.3 Å². The standard InChI is InChI=1S/C21H27ClN2O2.C2H2O4/c1-21(2,3)16-5-9-18(10-6-16)23-20(25)15-24(4)13-14-26-19-11-7-17(22)8-12-19;3-1(4)2(5)6/h5-12H,13-15H2,1-4H3,(H,23,25);(H,3,4)(H,5,6). The highest BCUT2D eigenvalue weighted by Gasteiger charge is 2.13. The smallest absolute Gasteiger partial charge is 0.414 e. The molecular formula is C23H29ClN2O6. The molecule has 0 heterocycles. The summed E-state index contributed by atoms with van der Waals surface area (Å²) in [6.07, 6.45) is 0. The van der Waals surface area contributed by atoms with Crippen LogP contribution >= 0.6 is 11.6 Å². The number of benzene rings is 2. The minimum atomic E-state index is -1.82. The van der Waals surface area contributed by atoms with Crippen molar-refractivity contribution in [1.29, 1.82) is 0 Å². The van der Waals surface area contributed by atoms with Gasteiger partial charge in [0.2, 0.25) is 5.91 Å². The minimum absolute atomic E-state index is 0.0394. The molecule has 9 heteroatoms. The molecule has 2 aromatic rings. The molecule has 0 unspecified atom stereocenters. The van der Waals surface area contributed by atoms with Crippen molar-refractivity contribution in [3.05, 3.63) is 59.1 Å². The van der Waals surface area contributed by atoms with Crippen molar-refractivity contribution < 1.29 is 29.3 Å². The summed E-state index contributed by atoms with van der Waals surface area (Å²) >= 11 is 5.84. The molecule has 8 nitrogen and oxygen atoms in total. The molecule has 3 N–H and O–H groups in total. The maximum atomic E-state index is 12.2. The van der Waals surface area contributed by atoms with Crippen molar-refractivity contribution in [3.63, 3.8) is 0 Å². The fourth-order valence-electron chi connectivity index (χ4n) is 2.43. The number of halogens is 1. The molecule has 0 bridgehead atoms. The third kappa shape index (κ3) is 10.8. The van der Waals surface area contributed by atoms with E-state index in [9.17, 15) is 4.79 Å². The Bertz CT molecular complexity index is 880. The average molecular weight is 465 g/mol. The Kier molecular flexibility index (Phi) is 10.7. The third-order valence-corrected chi connectivity index (χ3v) is 4.44. The second-order valence-electron chi connectivity index (χ2n) is 8.03. The molecule has 0 aromatic heterocycles. The molecule has 2 rings (SSSR count). The van der Waals surface area contributed by atoms with Gasteiger partial charge in [0.1, 0.15) is 12.4 Å². The number of carbonyl (C=O) groups excluding carboxylic acids is 1. The van der Waals surface area contributed by atoms with Gasteiger partial charge < -0.3 is 20.3 Å². The zero-order valence-corrected chi connectivity index (χ0v) is 19.3. The number of carbonyl (C=O) groups is 3. The largest absolute Gasteiger partial charge is 0.492 e. The minimum Gasteiger partial charge on any atom is -0.492 e. The van der Waals surface area contributed by atoms with Gasteiger partial charge in [-0.25, -0.2) is 9.59 Å². The third-order valence-electron chi connectivity index (χ3n) is 4.19. The van der Waals surface area contributed by atoms with Gasteiger partial charge in [0.15, 0.2) is 0 Å². The summed E-state index contributed by atoms with van der Waals surface area (Å²) in [5.74, 6) is -2.92. The first kappa shape index (κ1) is 26.9. The number of carboxylic acids is 2. The summed E-state index contributed by atoms with van der Waals surface area (Å²) in [6, 6.07) is 15.2. The van der Waals surface area contributed by atoms with Crippen molar-refractivity contribution >= 4 is 35.1 Å². The molecule has 0 atom stereocenters. The molecule has 174 valence electrons. The van der Waals surface area contributed by atoms with Gasteiger partial charge >= 0.3 is 11.9 Å². The summed E-state index contributed by atoms with van der Waals surface area (Å²) in [7, 11) is 1.90. The van der Waals surface area contributed by atoms with Crippen molar-refractivity contribution in [2.75, 3.05) is 32.1 Å². The molecule has 0 spiro atoms. The fourth-order valence-corrected chi connectivity index (χ4v) is 2.55. The fraction of sp³-hybridized carbons (Fsp3) is 0.348. The second-order valence-corrected chi connectivity index (χ2v) is 8.46. The number of ether oxygens (including phenoxy) is 1. The Morgan fingerprint density at radius 1 is 0.969 bits per heavy atom. The maximum absolute atomic E-state index is 12.2. The van der Waals surface area contributed by atoms with Gasteiger partial charge in [-0.05, 0) is 54.4 Å². The lowest BCUT2D eigenvalue weighted by Crippen LogP contribution is -2.33. The number of rotatable bonds is 7. The van der Waals surface area contributed by atoms with E-state index in [1.165, 1.54) is 5.56 Å². The highest BCUT2D eigenvalue weighted by atomic mass is 35.5. The molecule has 0 aliphatic carbocycles. The average Bonchev–Trinajstić information content (AvgIpc) is 2.69. The van der Waals surface area contributed by atoms with E-state index in [1.807, 2.05) is 36.2 Å². The quantitative estimate of drug-likeness (QED) is 0.534. The lowest BCUT2D eigenvalue weighted by Gasteiger charge is -2.19. The topological polar surface area (TPSA) is 116 Å². The molecule has 0 radical (unpaired) electrons. The molecular weight excluding hydrogens is 436 g/mol. The van der Waals surface area contributed by atoms with Crippen molar-refractivity contribution in [2.24, 2.45) is 0 Å². The van der Waals surface area contributed by atoms with Crippen LogP contribution in [-0.2, 0) is 19.8 Å². The summed E-state index contributed by atoms with van der Waals surface area (Å²) in [5, 5.41) is 18.4. The van der Waals surface area contributed by atoms with Gasteiger partial charge in [0.25, 0.3) is 0 Å². The van der Waals surface area contributed by atoms with E-state index in [4.69, 9.17) is 36.1 Å². The summed E-state index contributed by atoms with van der Waals surface area (Å²) in [5.41, 5.74) is 2.16. The number of hydrogen-bond acceptors (Lipinski definition) is 5. The van der Waals surface area contributed by atoms with Gasteiger partial charge in [0.05, 0.1) is 6.54 Å². The predicted octanol–water partition coefficient (Wildman–Crippen LogP) is 3.74. The number of nitrogens with zero attached hydrogens (tertiary/aromatic N) is 1. The van der Waals surface area contributed by atoms with E-state index >= 15 is 0 Å². The Morgan fingerprint density at radius 3 is 1.97 bits per heavy atom. The SMILES string of the molecule is CN(CCOc1ccc(Cl)cc1)CC(=O)Nc1ccc(C(C)(C)C)cc1.O=C(O)C(=O)O. The normalized spacial score (nSPS) is 10.7. The van der Waals surface area contributed by atoms with Gasteiger partial charge in [-0.3, -0.25) is 9.69 Å². The van der Waals surface area contributed by atoms with Crippen LogP contribution in [0, 0.1) is 0 Å². The molecule has 0 saturated carbocycles. The molecule has 2 aromatic carbocycles. The van der Waals surface area contributed by atoms with E-state index in [0.29, 0.717) is 24.7 Å². The summed E-state index contributed by atoms with van der Waals surface area (Å²) in [4.78, 5) is 32.3. The number of nitrogens with one attached hydrogen (secondary N) is 1. The van der Waals surface area contributed by atoms with Crippen LogP contribution in [0.25, 0.3) is 0 Å². The first-order chi connectivity index (χ1) is 14.9. The van der Waals surface area contributed by atoms with Crippen molar-refractivity contribution in [1.82, 2.24) is 4.90 Å². The lowest BCUT2D eigenvalue weighted by atomic mass is 9.87. The lowest BCUT2D eigenvalue weighted by molar-refractivity contribution is -0.159. The number of hydrogen-bond donors (Lipinski definition) is 3. The van der Waals surface area contributed by atoms with Crippen LogP contribution in [0.3, 0.4) is 0 Å². The van der Waals surface area contributed by atoms with Gasteiger partial charge in [-0.2, -0.15) is 0 Å². The number of anilines is 1. The van der Waals surface area contributed by atoms with Crippen molar-refractivity contribution in [2.45, 2.75) is 26.2 Å². The first-order valence-corrected chi connectivity index (χ1v) is 10.2. The van der Waals surface area contributed by atoms with Crippen LogP contribution in [0.5, 0.6) is 5.75 Å². The second kappa shape index (κ2) is 12.7. The zero-order valence-electron chi connectivity index (χ0n) is 18.6. The first-order valence-electron chi connectivity index (χ1n) is 9.82. The van der Waals surface area contributed by atoms with Crippen LogP contribution in [-0.4, -0.2) is 59.7 Å². The van der Waals surface area contributed by atoms with Crippen LogP contribution in [0.1, 0.15) is 26.3 Å².